The van der Waals surface area contributed by atoms with E-state index in [2.05, 4.69) is 45.1 Å². The molecule has 0 heterocycles. The van der Waals surface area contributed by atoms with Crippen LogP contribution >= 0.6 is 0 Å². The van der Waals surface area contributed by atoms with Crippen LogP contribution in [0.2, 0.25) is 0 Å². The van der Waals surface area contributed by atoms with E-state index in [0.29, 0.717) is 19.3 Å². The molecular weight excluding hydrogens is 937 g/mol. The molecule has 0 amide bonds. The Balaban J connectivity index is 4.20. The van der Waals surface area contributed by atoms with E-state index < -0.39 is 6.10 Å². The van der Waals surface area contributed by atoms with Crippen molar-refractivity contribution in [2.24, 2.45) is 0 Å². The van der Waals surface area contributed by atoms with E-state index >= 15 is 0 Å². The largest absolute Gasteiger partial charge is 0.462 e. The van der Waals surface area contributed by atoms with Crippen molar-refractivity contribution in [3.05, 3.63) is 24.3 Å². The number of hydrogen-bond donors (Lipinski definition) is 0. The smallest absolute Gasteiger partial charge is 0.306 e. The summed E-state index contributed by atoms with van der Waals surface area (Å²) >= 11 is 0. The molecule has 0 saturated heterocycles. The van der Waals surface area contributed by atoms with E-state index in [0.717, 1.165) is 64.2 Å². The Kier molecular flexibility index (Phi) is 63.6. The monoisotopic (exact) mass is 1070 g/mol. The molecule has 1 unspecified atom stereocenters. The summed E-state index contributed by atoms with van der Waals surface area (Å²) in [5.74, 6) is -0.832. The molecule has 0 rings (SSSR count). The Morgan fingerprint density at radius 1 is 0.263 bits per heavy atom. The first-order valence-electron chi connectivity index (χ1n) is 34.3. The van der Waals surface area contributed by atoms with Crippen molar-refractivity contribution in [2.75, 3.05) is 13.2 Å². The van der Waals surface area contributed by atoms with Gasteiger partial charge in [0, 0.05) is 19.3 Å². The zero-order chi connectivity index (χ0) is 55.0. The second kappa shape index (κ2) is 65.4. The second-order valence-electron chi connectivity index (χ2n) is 23.5. The van der Waals surface area contributed by atoms with Gasteiger partial charge < -0.3 is 14.2 Å². The van der Waals surface area contributed by atoms with Gasteiger partial charge in [-0.05, 0) is 51.4 Å². The topological polar surface area (TPSA) is 78.9 Å². The summed E-state index contributed by atoms with van der Waals surface area (Å²) < 4.78 is 17.0. The molecule has 0 aliphatic rings. The number of unbranched alkanes of at least 4 members (excludes halogenated alkanes) is 49. The highest BCUT2D eigenvalue weighted by Gasteiger charge is 2.19. The first-order valence-corrected chi connectivity index (χ1v) is 34.3. The lowest BCUT2D eigenvalue weighted by atomic mass is 10.0. The van der Waals surface area contributed by atoms with Gasteiger partial charge >= 0.3 is 17.9 Å². The summed E-state index contributed by atoms with van der Waals surface area (Å²) in [7, 11) is 0. The van der Waals surface area contributed by atoms with Gasteiger partial charge in [-0.3, -0.25) is 14.4 Å². The predicted octanol–water partition coefficient (Wildman–Crippen LogP) is 23.4. The summed E-state index contributed by atoms with van der Waals surface area (Å²) in [4.78, 5) is 38.4. The van der Waals surface area contributed by atoms with Crippen LogP contribution in [0.1, 0.15) is 387 Å². The van der Waals surface area contributed by atoms with E-state index in [4.69, 9.17) is 14.2 Å². The van der Waals surface area contributed by atoms with Gasteiger partial charge in [-0.1, -0.05) is 340 Å². The minimum atomic E-state index is -0.766. The molecule has 1 atom stereocenters. The van der Waals surface area contributed by atoms with Crippen molar-refractivity contribution >= 4 is 17.9 Å². The normalized spacial score (nSPS) is 12.1. The SMILES string of the molecule is CCCCCCC/C=C\C/C=C\CCCCCCCCCCCCCCCCCC(=O)OCC(COC(=O)CCCCCCCCCCCCCCC)OC(=O)CCCCCCCCCCCCCCCCCCCC. The first-order chi connectivity index (χ1) is 37.5. The third kappa shape index (κ3) is 62.7. The van der Waals surface area contributed by atoms with E-state index in [1.165, 1.54) is 283 Å². The maximum Gasteiger partial charge on any atom is 0.306 e. The molecule has 0 N–H and O–H groups in total. The number of carbonyl (C=O) groups is 3. The molecule has 0 spiro atoms. The summed E-state index contributed by atoms with van der Waals surface area (Å²) in [5.41, 5.74) is 0. The Bertz CT molecular complexity index is 1230. The molecule has 0 aliphatic heterocycles. The van der Waals surface area contributed by atoms with Gasteiger partial charge in [-0.15, -0.1) is 0 Å². The van der Waals surface area contributed by atoms with Gasteiger partial charge in [0.1, 0.15) is 13.2 Å². The lowest BCUT2D eigenvalue weighted by Gasteiger charge is -2.18. The fourth-order valence-electron chi connectivity index (χ4n) is 10.5. The molecule has 0 bridgehead atoms. The van der Waals surface area contributed by atoms with Crippen LogP contribution in [0.3, 0.4) is 0 Å². The fourth-order valence-corrected chi connectivity index (χ4v) is 10.5. The number of allylic oxidation sites excluding steroid dienone is 4. The van der Waals surface area contributed by atoms with Crippen molar-refractivity contribution in [1.29, 1.82) is 0 Å². The molecule has 0 radical (unpaired) electrons. The van der Waals surface area contributed by atoms with Gasteiger partial charge in [0.25, 0.3) is 0 Å². The summed E-state index contributed by atoms with van der Waals surface area (Å²) in [5, 5.41) is 0. The Hall–Kier alpha value is -2.11. The number of rotatable bonds is 64. The van der Waals surface area contributed by atoms with Gasteiger partial charge in [0.15, 0.2) is 6.10 Å². The Labute approximate surface area is 474 Å². The number of hydrogen-bond acceptors (Lipinski definition) is 6. The van der Waals surface area contributed by atoms with Crippen LogP contribution in [0.4, 0.5) is 0 Å². The van der Waals surface area contributed by atoms with Gasteiger partial charge in [-0.25, -0.2) is 0 Å². The van der Waals surface area contributed by atoms with E-state index in [1.807, 2.05) is 0 Å². The van der Waals surface area contributed by atoms with Crippen LogP contribution in [0.25, 0.3) is 0 Å². The highest BCUT2D eigenvalue weighted by atomic mass is 16.6. The lowest BCUT2D eigenvalue weighted by molar-refractivity contribution is -0.167. The fraction of sp³-hybridized carbons (Fsp3) is 0.900. The van der Waals surface area contributed by atoms with Crippen molar-refractivity contribution in [3.63, 3.8) is 0 Å². The lowest BCUT2D eigenvalue weighted by Crippen LogP contribution is -2.30. The molecule has 76 heavy (non-hydrogen) atoms. The van der Waals surface area contributed by atoms with E-state index in [-0.39, 0.29) is 31.1 Å². The number of ether oxygens (including phenoxy) is 3. The summed E-state index contributed by atoms with van der Waals surface area (Å²) in [6, 6.07) is 0. The molecule has 448 valence electrons. The summed E-state index contributed by atoms with van der Waals surface area (Å²) in [6.45, 7) is 6.71. The van der Waals surface area contributed by atoms with Crippen LogP contribution in [-0.2, 0) is 28.6 Å². The van der Waals surface area contributed by atoms with Gasteiger partial charge in [0.05, 0.1) is 0 Å². The van der Waals surface area contributed by atoms with Crippen LogP contribution < -0.4 is 0 Å². The third-order valence-corrected chi connectivity index (χ3v) is 15.7. The predicted molar refractivity (Wildman–Crippen MR) is 330 cm³/mol. The van der Waals surface area contributed by atoms with Crippen LogP contribution in [0.15, 0.2) is 24.3 Å². The zero-order valence-electron chi connectivity index (χ0n) is 51.6. The van der Waals surface area contributed by atoms with Crippen LogP contribution in [-0.4, -0.2) is 37.2 Å². The Morgan fingerprint density at radius 3 is 0.724 bits per heavy atom. The number of esters is 3. The average Bonchev–Trinajstić information content (AvgIpc) is 3.42. The quantitative estimate of drug-likeness (QED) is 0.0261. The maximum atomic E-state index is 12.9. The standard InChI is InChI=1S/C70H132O6/c1-4-7-10-13-16-19-22-25-27-29-31-32-33-34-35-36-37-38-39-41-42-45-48-51-54-57-60-63-69(72)75-66-67(65-74-68(71)62-59-56-53-50-47-44-24-21-18-15-12-9-6-3)76-70(73)64-61-58-55-52-49-46-43-40-30-28-26-23-20-17-14-11-8-5-2/h22,25,29,31,67H,4-21,23-24,26-28,30,32-66H2,1-3H3/b25-22-,31-29-. The molecule has 0 saturated carbocycles. The minimum absolute atomic E-state index is 0.0638. The van der Waals surface area contributed by atoms with Crippen molar-refractivity contribution in [1.82, 2.24) is 0 Å². The molecule has 0 fully saturated rings. The third-order valence-electron chi connectivity index (χ3n) is 15.7. The molecule has 0 aliphatic carbocycles. The van der Waals surface area contributed by atoms with E-state index in [1.54, 1.807) is 0 Å². The highest BCUT2D eigenvalue weighted by Crippen LogP contribution is 2.18. The van der Waals surface area contributed by atoms with Gasteiger partial charge in [0.2, 0.25) is 0 Å². The van der Waals surface area contributed by atoms with Crippen molar-refractivity contribution in [3.8, 4) is 0 Å². The molecule has 6 nitrogen and oxygen atoms in total. The molecule has 0 aromatic heterocycles. The molecule has 0 aromatic rings. The summed E-state index contributed by atoms with van der Waals surface area (Å²) in [6.07, 6.45) is 79.1. The maximum absolute atomic E-state index is 12.9. The molecular formula is C70H132O6. The first kappa shape index (κ1) is 73.9. The average molecular weight is 1070 g/mol. The minimum Gasteiger partial charge on any atom is -0.462 e. The van der Waals surface area contributed by atoms with Crippen molar-refractivity contribution in [2.45, 2.75) is 393 Å². The number of carbonyl (C=O) groups excluding carboxylic acids is 3. The van der Waals surface area contributed by atoms with Crippen molar-refractivity contribution < 1.29 is 28.6 Å². The molecule has 0 aromatic carbocycles. The second-order valence-corrected chi connectivity index (χ2v) is 23.5. The van der Waals surface area contributed by atoms with E-state index in [9.17, 15) is 14.4 Å². The molecule has 6 heteroatoms. The zero-order valence-corrected chi connectivity index (χ0v) is 51.6. The highest BCUT2D eigenvalue weighted by molar-refractivity contribution is 5.71. The van der Waals surface area contributed by atoms with Crippen LogP contribution in [0.5, 0.6) is 0 Å². The van der Waals surface area contributed by atoms with Gasteiger partial charge in [-0.2, -0.15) is 0 Å². The van der Waals surface area contributed by atoms with Crippen LogP contribution in [0, 0.1) is 0 Å². The Morgan fingerprint density at radius 2 is 0.474 bits per heavy atom.